The Hall–Kier alpha value is -0.860. The molecule has 1 unspecified atom stereocenters. The van der Waals surface area contributed by atoms with Gasteiger partial charge in [-0.2, -0.15) is 0 Å². The van der Waals surface area contributed by atoms with Gasteiger partial charge in [-0.1, -0.05) is 49.6 Å². The van der Waals surface area contributed by atoms with Gasteiger partial charge in [0.25, 0.3) is 0 Å². The molecular weight excluding hydrogens is 244 g/mol. The van der Waals surface area contributed by atoms with Crippen molar-refractivity contribution in [3.8, 4) is 0 Å². The summed E-state index contributed by atoms with van der Waals surface area (Å²) in [6.45, 7) is 3.66. The molecule has 1 atom stereocenters. The maximum absolute atomic E-state index is 3.86. The largest absolute Gasteiger partial charge is 0.312 e. The molecule has 20 heavy (non-hydrogen) atoms. The normalized spacial score (nSPS) is 23.0. The molecule has 1 heterocycles. The van der Waals surface area contributed by atoms with E-state index < -0.39 is 0 Å². The van der Waals surface area contributed by atoms with E-state index in [0.29, 0.717) is 6.04 Å². The second-order valence-corrected chi connectivity index (χ2v) is 6.41. The SMILES string of the molecule is c1ccc(C(CNC2CCCCC2)N2CCCC2)cc1. The lowest BCUT2D eigenvalue weighted by molar-refractivity contribution is 0.225. The van der Waals surface area contributed by atoms with E-state index in [1.807, 2.05) is 0 Å². The van der Waals surface area contributed by atoms with Crippen LogP contribution in [-0.2, 0) is 0 Å². The van der Waals surface area contributed by atoms with Crippen molar-refractivity contribution in [2.45, 2.75) is 57.0 Å². The minimum Gasteiger partial charge on any atom is -0.312 e. The Bertz CT molecular complexity index is 378. The first-order valence-corrected chi connectivity index (χ1v) is 8.46. The van der Waals surface area contributed by atoms with Gasteiger partial charge in [-0.15, -0.1) is 0 Å². The zero-order valence-corrected chi connectivity index (χ0v) is 12.6. The van der Waals surface area contributed by atoms with Crippen molar-refractivity contribution in [2.24, 2.45) is 0 Å². The lowest BCUT2D eigenvalue weighted by Crippen LogP contribution is -2.39. The van der Waals surface area contributed by atoms with Crippen molar-refractivity contribution in [1.82, 2.24) is 10.2 Å². The first-order chi connectivity index (χ1) is 9.93. The van der Waals surface area contributed by atoms with Gasteiger partial charge in [0.1, 0.15) is 0 Å². The summed E-state index contributed by atoms with van der Waals surface area (Å²) in [6.07, 6.45) is 9.75. The molecule has 1 N–H and O–H groups in total. The van der Waals surface area contributed by atoms with Crippen LogP contribution in [-0.4, -0.2) is 30.6 Å². The molecule has 2 nitrogen and oxygen atoms in total. The van der Waals surface area contributed by atoms with Crippen LogP contribution in [0.3, 0.4) is 0 Å². The molecule has 0 amide bonds. The molecule has 0 radical (unpaired) electrons. The smallest absolute Gasteiger partial charge is 0.0472 e. The molecule has 110 valence electrons. The Morgan fingerprint density at radius 1 is 0.950 bits per heavy atom. The Balaban J connectivity index is 1.62. The molecule has 0 spiro atoms. The molecule has 1 saturated carbocycles. The molecule has 1 saturated heterocycles. The van der Waals surface area contributed by atoms with Crippen LogP contribution in [0.4, 0.5) is 0 Å². The number of hydrogen-bond donors (Lipinski definition) is 1. The van der Waals surface area contributed by atoms with Gasteiger partial charge < -0.3 is 5.32 Å². The van der Waals surface area contributed by atoms with Crippen LogP contribution in [0.1, 0.15) is 56.6 Å². The Morgan fingerprint density at radius 3 is 2.35 bits per heavy atom. The van der Waals surface area contributed by atoms with Crippen molar-refractivity contribution < 1.29 is 0 Å². The molecule has 1 aliphatic heterocycles. The van der Waals surface area contributed by atoms with Crippen molar-refractivity contribution >= 4 is 0 Å². The van der Waals surface area contributed by atoms with Gasteiger partial charge in [0, 0.05) is 18.6 Å². The van der Waals surface area contributed by atoms with Crippen molar-refractivity contribution in [2.75, 3.05) is 19.6 Å². The monoisotopic (exact) mass is 272 g/mol. The molecule has 1 aliphatic carbocycles. The number of nitrogens with zero attached hydrogens (tertiary/aromatic N) is 1. The number of rotatable bonds is 5. The first kappa shape index (κ1) is 14.1. The second-order valence-electron chi connectivity index (χ2n) is 6.41. The number of likely N-dealkylation sites (tertiary alicyclic amines) is 1. The molecule has 2 heteroatoms. The van der Waals surface area contributed by atoms with Gasteiger partial charge in [-0.25, -0.2) is 0 Å². The predicted octanol–water partition coefficient (Wildman–Crippen LogP) is 3.75. The summed E-state index contributed by atoms with van der Waals surface area (Å²) in [6, 6.07) is 12.4. The minimum atomic E-state index is 0.570. The van der Waals surface area contributed by atoms with Crippen molar-refractivity contribution in [3.63, 3.8) is 0 Å². The van der Waals surface area contributed by atoms with Gasteiger partial charge in [-0.3, -0.25) is 4.90 Å². The van der Waals surface area contributed by atoms with Crippen molar-refractivity contribution in [3.05, 3.63) is 35.9 Å². The highest BCUT2D eigenvalue weighted by molar-refractivity contribution is 5.19. The van der Waals surface area contributed by atoms with E-state index in [1.54, 1.807) is 0 Å². The average molecular weight is 272 g/mol. The van der Waals surface area contributed by atoms with Crippen LogP contribution in [0.5, 0.6) is 0 Å². The van der Waals surface area contributed by atoms with Crippen LogP contribution < -0.4 is 5.32 Å². The molecule has 2 aliphatic rings. The summed E-state index contributed by atoms with van der Waals surface area (Å²) in [7, 11) is 0. The van der Waals surface area contributed by atoms with Crippen LogP contribution in [0.25, 0.3) is 0 Å². The maximum atomic E-state index is 3.86. The lowest BCUT2D eigenvalue weighted by Gasteiger charge is -2.31. The van der Waals surface area contributed by atoms with Gasteiger partial charge >= 0.3 is 0 Å². The number of benzene rings is 1. The fourth-order valence-corrected chi connectivity index (χ4v) is 3.77. The van der Waals surface area contributed by atoms with Gasteiger partial charge in [0.2, 0.25) is 0 Å². The van der Waals surface area contributed by atoms with Crippen LogP contribution >= 0.6 is 0 Å². The van der Waals surface area contributed by atoms with Crippen LogP contribution in [0, 0.1) is 0 Å². The fraction of sp³-hybridized carbons (Fsp3) is 0.667. The molecule has 0 bridgehead atoms. The van der Waals surface area contributed by atoms with E-state index in [0.717, 1.165) is 12.6 Å². The number of hydrogen-bond acceptors (Lipinski definition) is 2. The molecule has 0 aromatic heterocycles. The zero-order valence-electron chi connectivity index (χ0n) is 12.6. The number of nitrogens with one attached hydrogen (secondary N) is 1. The second kappa shape index (κ2) is 7.24. The first-order valence-electron chi connectivity index (χ1n) is 8.46. The minimum absolute atomic E-state index is 0.570. The topological polar surface area (TPSA) is 15.3 Å². The van der Waals surface area contributed by atoms with Crippen molar-refractivity contribution in [1.29, 1.82) is 0 Å². The Kier molecular flexibility index (Phi) is 5.10. The third-order valence-corrected chi connectivity index (χ3v) is 4.97. The highest BCUT2D eigenvalue weighted by Gasteiger charge is 2.24. The highest BCUT2D eigenvalue weighted by Crippen LogP contribution is 2.25. The molecule has 2 fully saturated rings. The molecule has 3 rings (SSSR count). The summed E-state index contributed by atoms with van der Waals surface area (Å²) in [4.78, 5) is 2.67. The summed E-state index contributed by atoms with van der Waals surface area (Å²) in [5.74, 6) is 0. The standard InChI is InChI=1S/C18H28N2/c1-3-9-16(10-4-1)18(20-13-7-8-14-20)15-19-17-11-5-2-6-12-17/h1,3-4,9-10,17-19H,2,5-8,11-15H2. The molecule has 1 aromatic carbocycles. The Morgan fingerprint density at radius 2 is 1.65 bits per heavy atom. The Labute approximate surface area is 123 Å². The van der Waals surface area contributed by atoms with E-state index in [9.17, 15) is 0 Å². The maximum Gasteiger partial charge on any atom is 0.0472 e. The van der Waals surface area contributed by atoms with E-state index >= 15 is 0 Å². The predicted molar refractivity (Wildman–Crippen MR) is 84.9 cm³/mol. The zero-order chi connectivity index (χ0) is 13.6. The highest BCUT2D eigenvalue weighted by atomic mass is 15.2. The fourth-order valence-electron chi connectivity index (χ4n) is 3.77. The summed E-state index contributed by atoms with van der Waals surface area (Å²) < 4.78 is 0. The third-order valence-electron chi connectivity index (χ3n) is 4.97. The summed E-state index contributed by atoms with van der Waals surface area (Å²) in [5.41, 5.74) is 1.48. The van der Waals surface area contributed by atoms with Crippen LogP contribution in [0.15, 0.2) is 30.3 Å². The van der Waals surface area contributed by atoms with Gasteiger partial charge in [0.15, 0.2) is 0 Å². The average Bonchev–Trinajstić information content (AvgIpc) is 3.04. The quantitative estimate of drug-likeness (QED) is 0.878. The third kappa shape index (κ3) is 3.62. The van der Waals surface area contributed by atoms with Gasteiger partial charge in [0.05, 0.1) is 0 Å². The summed E-state index contributed by atoms with van der Waals surface area (Å²) >= 11 is 0. The molecular formula is C18H28N2. The van der Waals surface area contributed by atoms with E-state index in [2.05, 4.69) is 40.5 Å². The van der Waals surface area contributed by atoms with E-state index in [4.69, 9.17) is 0 Å². The molecule has 1 aromatic rings. The van der Waals surface area contributed by atoms with E-state index in [-0.39, 0.29) is 0 Å². The van der Waals surface area contributed by atoms with E-state index in [1.165, 1.54) is 63.6 Å². The van der Waals surface area contributed by atoms with Crippen LogP contribution in [0.2, 0.25) is 0 Å². The summed E-state index contributed by atoms with van der Waals surface area (Å²) in [5, 5.41) is 3.86. The lowest BCUT2D eigenvalue weighted by atomic mass is 9.95. The van der Waals surface area contributed by atoms with Gasteiger partial charge in [-0.05, 0) is 44.3 Å².